The summed E-state index contributed by atoms with van der Waals surface area (Å²) in [7, 11) is 0. The largest absolute Gasteiger partial charge is 0.508 e. The molecule has 2 aliphatic heterocycles. The van der Waals surface area contributed by atoms with Crippen LogP contribution in [0.2, 0.25) is 0 Å². The maximum Gasteiger partial charge on any atom is 0.334 e. The van der Waals surface area contributed by atoms with Crippen molar-refractivity contribution in [3.63, 3.8) is 0 Å². The normalized spacial score (nSPS) is 20.0. The topological polar surface area (TPSA) is 96.4 Å². The predicted octanol–water partition coefficient (Wildman–Crippen LogP) is 3.69. The van der Waals surface area contributed by atoms with Gasteiger partial charge in [-0.15, -0.1) is 6.58 Å². The number of hydrazine groups is 1. The zero-order valence-corrected chi connectivity index (χ0v) is 23.1. The highest BCUT2D eigenvalue weighted by Crippen LogP contribution is 2.33. The molecular formula is C32H35N5O4. The summed E-state index contributed by atoms with van der Waals surface area (Å²) in [6.45, 7) is 6.50. The summed E-state index contributed by atoms with van der Waals surface area (Å²) in [6, 6.07) is 24.5. The first kappa shape index (κ1) is 27.9. The molecule has 2 N–H and O–H groups in total. The van der Waals surface area contributed by atoms with Crippen LogP contribution in [0.15, 0.2) is 97.6 Å². The fraction of sp³-hybridized carbons (Fsp3) is 0.281. The molecule has 2 aliphatic rings. The summed E-state index contributed by atoms with van der Waals surface area (Å²) < 4.78 is 0. The number of benzene rings is 3. The van der Waals surface area contributed by atoms with E-state index in [0.717, 1.165) is 16.7 Å². The second-order valence-electron chi connectivity index (χ2n) is 10.4. The van der Waals surface area contributed by atoms with Crippen molar-refractivity contribution in [1.29, 1.82) is 0 Å². The zero-order valence-electron chi connectivity index (χ0n) is 23.1. The third kappa shape index (κ3) is 5.95. The van der Waals surface area contributed by atoms with Gasteiger partial charge in [-0.2, -0.15) is 0 Å². The zero-order chi connectivity index (χ0) is 28.9. The highest BCUT2D eigenvalue weighted by Gasteiger charge is 2.52. The molecule has 0 radical (unpaired) electrons. The summed E-state index contributed by atoms with van der Waals surface area (Å²) in [5.41, 5.74) is 2.71. The van der Waals surface area contributed by atoms with Gasteiger partial charge < -0.3 is 20.2 Å². The average Bonchev–Trinajstić information content (AvgIpc) is 2.99. The Morgan fingerprint density at radius 2 is 1.66 bits per heavy atom. The van der Waals surface area contributed by atoms with E-state index in [1.165, 1.54) is 0 Å². The molecule has 0 bridgehead atoms. The summed E-state index contributed by atoms with van der Waals surface area (Å²) in [6.07, 6.45) is 1.19. The van der Waals surface area contributed by atoms with Gasteiger partial charge in [0.05, 0.1) is 19.1 Å². The first-order chi connectivity index (χ1) is 19.9. The summed E-state index contributed by atoms with van der Waals surface area (Å²) in [5.74, 6) is -0.287. The van der Waals surface area contributed by atoms with E-state index in [-0.39, 0.29) is 49.1 Å². The predicted molar refractivity (Wildman–Crippen MR) is 155 cm³/mol. The van der Waals surface area contributed by atoms with Gasteiger partial charge in [-0.05, 0) is 35.7 Å². The van der Waals surface area contributed by atoms with Crippen LogP contribution < -0.4 is 5.32 Å². The van der Waals surface area contributed by atoms with Crippen LogP contribution in [-0.2, 0) is 22.6 Å². The molecule has 0 unspecified atom stereocenters. The molecule has 3 aromatic carbocycles. The van der Waals surface area contributed by atoms with E-state index < -0.39 is 12.2 Å². The molecule has 0 saturated carbocycles. The summed E-state index contributed by atoms with van der Waals surface area (Å²) in [5, 5.41) is 16.1. The smallest absolute Gasteiger partial charge is 0.334 e. The van der Waals surface area contributed by atoms with Crippen molar-refractivity contribution < 1.29 is 19.5 Å². The van der Waals surface area contributed by atoms with E-state index in [1.807, 2.05) is 67.6 Å². The molecular weight excluding hydrogens is 518 g/mol. The molecule has 2 heterocycles. The van der Waals surface area contributed by atoms with Crippen molar-refractivity contribution in [2.24, 2.45) is 0 Å². The standard InChI is InChI=1S/C32H35N5O4/c1-3-18-34-22-30(39)36-28(19-24-14-16-27(38)17-15-24)31(40)35(23(2)26-12-8-5-9-13-26)21-29(36)37(34)32(41)33-20-25-10-6-4-7-11-25/h3-17,23,28-29,38H,1,18-22H2,2H3,(H,33,41)/t23-,28+,29+/m1/s1. The fourth-order valence-corrected chi connectivity index (χ4v) is 5.63. The number of fused-ring (bicyclic) bond motifs is 1. The second kappa shape index (κ2) is 12.3. The van der Waals surface area contributed by atoms with Gasteiger partial charge in [0.2, 0.25) is 11.8 Å². The molecule has 9 nitrogen and oxygen atoms in total. The number of phenols is 1. The van der Waals surface area contributed by atoms with Crippen LogP contribution >= 0.6 is 0 Å². The lowest BCUT2D eigenvalue weighted by Gasteiger charge is -2.56. The molecule has 212 valence electrons. The average molecular weight is 554 g/mol. The first-order valence-electron chi connectivity index (χ1n) is 13.8. The molecule has 5 rings (SSSR count). The molecule has 2 saturated heterocycles. The van der Waals surface area contributed by atoms with Crippen LogP contribution in [0.4, 0.5) is 4.79 Å². The number of hydrogen-bond donors (Lipinski definition) is 2. The first-order valence-corrected chi connectivity index (χ1v) is 13.8. The van der Waals surface area contributed by atoms with Gasteiger partial charge in [0, 0.05) is 19.5 Å². The number of rotatable bonds is 8. The monoisotopic (exact) mass is 553 g/mol. The quantitative estimate of drug-likeness (QED) is 0.415. The van der Waals surface area contributed by atoms with E-state index >= 15 is 0 Å². The van der Waals surface area contributed by atoms with Gasteiger partial charge in [-0.25, -0.2) is 14.8 Å². The number of amides is 4. The second-order valence-corrected chi connectivity index (χ2v) is 10.4. The SMILES string of the molecule is C=CCN1CC(=O)N2[C@@H](Cc3ccc(O)cc3)C(=O)N([C@H](C)c3ccccc3)C[C@@H]2N1C(=O)NCc1ccccc1. The number of nitrogens with zero attached hydrogens (tertiary/aromatic N) is 4. The van der Waals surface area contributed by atoms with Gasteiger partial charge in [0.25, 0.3) is 0 Å². The Hall–Kier alpha value is -4.63. The van der Waals surface area contributed by atoms with Gasteiger partial charge in [-0.1, -0.05) is 78.9 Å². The number of nitrogens with one attached hydrogen (secondary N) is 1. The molecule has 4 amide bonds. The molecule has 9 heteroatoms. The number of aromatic hydroxyl groups is 1. The molecule has 3 aromatic rings. The van der Waals surface area contributed by atoms with E-state index in [4.69, 9.17) is 0 Å². The van der Waals surface area contributed by atoms with Crippen LogP contribution in [0.25, 0.3) is 0 Å². The Kier molecular flexibility index (Phi) is 8.35. The summed E-state index contributed by atoms with van der Waals surface area (Å²) >= 11 is 0. The van der Waals surface area contributed by atoms with E-state index in [1.54, 1.807) is 50.2 Å². The minimum Gasteiger partial charge on any atom is -0.508 e. The lowest BCUT2D eigenvalue weighted by atomic mass is 9.96. The van der Waals surface area contributed by atoms with Crippen molar-refractivity contribution in [2.45, 2.75) is 38.1 Å². The Morgan fingerprint density at radius 1 is 1.00 bits per heavy atom. The number of urea groups is 1. The number of carbonyl (C=O) groups is 3. The minimum atomic E-state index is -0.827. The lowest BCUT2D eigenvalue weighted by molar-refractivity contribution is -0.191. The van der Waals surface area contributed by atoms with Crippen molar-refractivity contribution in [3.8, 4) is 5.75 Å². The van der Waals surface area contributed by atoms with E-state index in [0.29, 0.717) is 13.1 Å². The van der Waals surface area contributed by atoms with Crippen LogP contribution in [0, 0.1) is 0 Å². The van der Waals surface area contributed by atoms with Crippen molar-refractivity contribution in [1.82, 2.24) is 25.1 Å². The molecule has 41 heavy (non-hydrogen) atoms. The van der Waals surface area contributed by atoms with Crippen molar-refractivity contribution in [3.05, 3.63) is 114 Å². The molecule has 0 aromatic heterocycles. The Morgan fingerprint density at radius 3 is 2.32 bits per heavy atom. The van der Waals surface area contributed by atoms with Crippen LogP contribution in [0.1, 0.15) is 29.7 Å². The van der Waals surface area contributed by atoms with Crippen LogP contribution in [0.3, 0.4) is 0 Å². The summed E-state index contributed by atoms with van der Waals surface area (Å²) in [4.78, 5) is 45.0. The Balaban J connectivity index is 1.51. The third-order valence-corrected chi connectivity index (χ3v) is 7.73. The highest BCUT2D eigenvalue weighted by atomic mass is 16.3. The number of carbonyl (C=O) groups excluding carboxylic acids is 3. The maximum absolute atomic E-state index is 14.1. The van der Waals surface area contributed by atoms with Crippen LogP contribution in [-0.4, -0.2) is 74.6 Å². The minimum absolute atomic E-state index is 0.0606. The van der Waals surface area contributed by atoms with E-state index in [2.05, 4.69) is 11.9 Å². The number of piperazine rings is 1. The molecule has 0 aliphatic carbocycles. The van der Waals surface area contributed by atoms with E-state index in [9.17, 15) is 19.5 Å². The van der Waals surface area contributed by atoms with Gasteiger partial charge in [-0.3, -0.25) is 9.59 Å². The Labute approximate surface area is 240 Å². The fourth-order valence-electron chi connectivity index (χ4n) is 5.63. The van der Waals surface area contributed by atoms with Crippen LogP contribution in [0.5, 0.6) is 5.75 Å². The third-order valence-electron chi connectivity index (χ3n) is 7.73. The van der Waals surface area contributed by atoms with Gasteiger partial charge in [0.1, 0.15) is 18.0 Å². The molecule has 2 fully saturated rings. The van der Waals surface area contributed by atoms with Crippen molar-refractivity contribution >= 4 is 17.8 Å². The highest BCUT2D eigenvalue weighted by molar-refractivity contribution is 5.92. The lowest BCUT2D eigenvalue weighted by Crippen LogP contribution is -2.76. The van der Waals surface area contributed by atoms with Gasteiger partial charge >= 0.3 is 6.03 Å². The molecule has 3 atom stereocenters. The van der Waals surface area contributed by atoms with Gasteiger partial charge in [0.15, 0.2) is 0 Å². The number of hydrogen-bond acceptors (Lipinski definition) is 5. The Bertz CT molecular complexity index is 1380. The van der Waals surface area contributed by atoms with Crippen molar-refractivity contribution in [2.75, 3.05) is 19.6 Å². The maximum atomic E-state index is 14.1. The molecule has 0 spiro atoms. The number of phenolic OH excluding ortho intramolecular Hbond substituents is 1.